The number of aromatic nitrogens is 1. The number of fused-ring (bicyclic) bond motifs is 1. The van der Waals surface area contributed by atoms with Gasteiger partial charge in [0.15, 0.2) is 0 Å². The highest BCUT2D eigenvalue weighted by Crippen LogP contribution is 2.36. The number of hydrogen-bond donors (Lipinski definition) is 0. The van der Waals surface area contributed by atoms with Crippen molar-refractivity contribution in [1.29, 1.82) is 0 Å². The molecule has 0 saturated carbocycles. The lowest BCUT2D eigenvalue weighted by Crippen LogP contribution is -2.42. The van der Waals surface area contributed by atoms with E-state index in [1.165, 1.54) is 0 Å². The molecule has 4 rings (SSSR count). The van der Waals surface area contributed by atoms with E-state index in [4.69, 9.17) is 0 Å². The quantitative estimate of drug-likeness (QED) is 0.705. The highest BCUT2D eigenvalue weighted by molar-refractivity contribution is 7.89. The van der Waals surface area contributed by atoms with Gasteiger partial charge in [0.05, 0.1) is 10.9 Å². The summed E-state index contributed by atoms with van der Waals surface area (Å²) in [5.74, 6) is 0. The summed E-state index contributed by atoms with van der Waals surface area (Å²) < 4.78 is 30.6. The fourth-order valence-electron chi connectivity index (χ4n) is 3.55. The van der Waals surface area contributed by atoms with Gasteiger partial charge in [0.1, 0.15) is 0 Å². The highest BCUT2D eigenvalue weighted by Gasteiger charge is 2.37. The SMILES string of the molecule is Cc1ccc([C@H]2c3cccn3CCN2S(=O)(=O)c2ccc(C)cc2)cc1. The van der Waals surface area contributed by atoms with E-state index in [-0.39, 0.29) is 6.04 Å². The molecule has 5 heteroatoms. The first kappa shape index (κ1) is 17.1. The highest BCUT2D eigenvalue weighted by atomic mass is 32.2. The van der Waals surface area contributed by atoms with Gasteiger partial charge >= 0.3 is 0 Å². The van der Waals surface area contributed by atoms with Gasteiger partial charge in [-0.05, 0) is 43.7 Å². The predicted molar refractivity (Wildman–Crippen MR) is 103 cm³/mol. The molecule has 0 bridgehead atoms. The average Bonchev–Trinajstić information content (AvgIpc) is 3.11. The summed E-state index contributed by atoms with van der Waals surface area (Å²) >= 11 is 0. The van der Waals surface area contributed by atoms with Crippen molar-refractivity contribution < 1.29 is 8.42 Å². The number of benzene rings is 2. The van der Waals surface area contributed by atoms with Gasteiger partial charge in [-0.2, -0.15) is 4.31 Å². The van der Waals surface area contributed by atoms with Crippen molar-refractivity contribution in [2.24, 2.45) is 0 Å². The molecule has 2 aromatic carbocycles. The van der Waals surface area contributed by atoms with Crippen molar-refractivity contribution in [1.82, 2.24) is 8.87 Å². The maximum Gasteiger partial charge on any atom is 0.244 e. The largest absolute Gasteiger partial charge is 0.348 e. The van der Waals surface area contributed by atoms with Crippen LogP contribution in [0.4, 0.5) is 0 Å². The third kappa shape index (κ3) is 2.87. The van der Waals surface area contributed by atoms with Crippen LogP contribution in [0.15, 0.2) is 71.8 Å². The van der Waals surface area contributed by atoms with E-state index in [2.05, 4.69) is 4.57 Å². The molecular formula is C21H22N2O2S. The third-order valence-corrected chi connectivity index (χ3v) is 6.89. The number of nitrogens with zero attached hydrogens (tertiary/aromatic N) is 2. The first-order valence-corrected chi connectivity index (χ1v) is 10.2. The summed E-state index contributed by atoms with van der Waals surface area (Å²) in [6.07, 6.45) is 2.02. The Bertz CT molecular complexity index is 1020. The Morgan fingerprint density at radius 3 is 2.12 bits per heavy atom. The Hall–Kier alpha value is -2.37. The summed E-state index contributed by atoms with van der Waals surface area (Å²) in [5.41, 5.74) is 4.21. The number of rotatable bonds is 3. The molecule has 0 fully saturated rings. The Kier molecular flexibility index (Phi) is 4.21. The van der Waals surface area contributed by atoms with Gasteiger partial charge in [0, 0.05) is 25.0 Å². The molecule has 26 heavy (non-hydrogen) atoms. The lowest BCUT2D eigenvalue weighted by molar-refractivity contribution is 0.298. The van der Waals surface area contributed by atoms with E-state index in [9.17, 15) is 8.42 Å². The molecule has 2 heterocycles. The number of aryl methyl sites for hydroxylation is 2. The Labute approximate surface area is 154 Å². The fourth-order valence-corrected chi connectivity index (χ4v) is 5.13. The zero-order chi connectivity index (χ0) is 18.3. The van der Waals surface area contributed by atoms with Crippen LogP contribution >= 0.6 is 0 Å². The molecule has 0 spiro atoms. The minimum atomic E-state index is -3.59. The molecule has 0 saturated heterocycles. The minimum absolute atomic E-state index is 0.314. The van der Waals surface area contributed by atoms with Crippen LogP contribution in [0.3, 0.4) is 0 Å². The molecule has 0 unspecified atom stereocenters. The topological polar surface area (TPSA) is 42.3 Å². The zero-order valence-corrected chi connectivity index (χ0v) is 15.8. The van der Waals surface area contributed by atoms with Crippen LogP contribution < -0.4 is 0 Å². The smallest absolute Gasteiger partial charge is 0.244 e. The fraction of sp³-hybridized carbons (Fsp3) is 0.238. The number of sulfonamides is 1. The number of hydrogen-bond acceptors (Lipinski definition) is 2. The molecule has 1 atom stereocenters. The van der Waals surface area contributed by atoms with Crippen LogP contribution in [0, 0.1) is 13.8 Å². The van der Waals surface area contributed by atoms with Gasteiger partial charge in [-0.25, -0.2) is 8.42 Å². The first-order chi connectivity index (χ1) is 12.5. The van der Waals surface area contributed by atoms with Gasteiger partial charge < -0.3 is 4.57 Å². The molecule has 4 nitrogen and oxygen atoms in total. The molecule has 0 radical (unpaired) electrons. The molecular weight excluding hydrogens is 344 g/mol. The van der Waals surface area contributed by atoms with Crippen LogP contribution in [0.25, 0.3) is 0 Å². The molecule has 1 aliphatic heterocycles. The molecule has 0 amide bonds. The summed E-state index contributed by atoms with van der Waals surface area (Å²) in [6, 6.07) is 18.9. The van der Waals surface area contributed by atoms with Gasteiger partial charge in [0.2, 0.25) is 10.0 Å². The second-order valence-corrected chi connectivity index (χ2v) is 8.76. The van der Waals surface area contributed by atoms with Crippen LogP contribution in [0.5, 0.6) is 0 Å². The standard InChI is InChI=1S/C21H22N2O2S/c1-16-5-9-18(10-6-16)21-20-4-3-13-22(20)14-15-23(21)26(24,25)19-11-7-17(2)8-12-19/h3-13,21H,14-15H2,1-2H3/t21-/m0/s1. The maximum absolute atomic E-state index is 13.4. The van der Waals surface area contributed by atoms with E-state index in [0.29, 0.717) is 18.0 Å². The van der Waals surface area contributed by atoms with Gasteiger partial charge in [0.25, 0.3) is 0 Å². The minimum Gasteiger partial charge on any atom is -0.348 e. The normalized spacial score (nSPS) is 17.8. The Balaban J connectivity index is 1.83. The van der Waals surface area contributed by atoms with Crippen molar-refractivity contribution in [3.8, 4) is 0 Å². The Morgan fingerprint density at radius 2 is 1.46 bits per heavy atom. The van der Waals surface area contributed by atoms with Crippen molar-refractivity contribution in [3.63, 3.8) is 0 Å². The van der Waals surface area contributed by atoms with E-state index in [1.54, 1.807) is 16.4 Å². The molecule has 0 N–H and O–H groups in total. The van der Waals surface area contributed by atoms with Crippen molar-refractivity contribution in [2.75, 3.05) is 6.54 Å². The molecule has 0 aliphatic carbocycles. The van der Waals surface area contributed by atoms with Gasteiger partial charge in [-0.3, -0.25) is 0 Å². The van der Waals surface area contributed by atoms with E-state index in [0.717, 1.165) is 22.4 Å². The molecule has 1 aliphatic rings. The van der Waals surface area contributed by atoms with Crippen LogP contribution in [-0.2, 0) is 16.6 Å². The third-order valence-electron chi connectivity index (χ3n) is 5.01. The summed E-state index contributed by atoms with van der Waals surface area (Å²) in [6.45, 7) is 5.11. The molecule has 3 aromatic rings. The van der Waals surface area contributed by atoms with Crippen molar-refractivity contribution >= 4 is 10.0 Å². The summed E-state index contributed by atoms with van der Waals surface area (Å²) in [4.78, 5) is 0.347. The maximum atomic E-state index is 13.4. The van der Waals surface area contributed by atoms with Gasteiger partial charge in [-0.15, -0.1) is 0 Å². The second kappa shape index (κ2) is 6.41. The lowest BCUT2D eigenvalue weighted by atomic mass is 10.0. The van der Waals surface area contributed by atoms with E-state index in [1.807, 2.05) is 68.6 Å². The van der Waals surface area contributed by atoms with Crippen LogP contribution in [0.2, 0.25) is 0 Å². The van der Waals surface area contributed by atoms with E-state index < -0.39 is 10.0 Å². The van der Waals surface area contributed by atoms with Crippen molar-refractivity contribution in [2.45, 2.75) is 31.3 Å². The summed E-state index contributed by atoms with van der Waals surface area (Å²) in [5, 5.41) is 0. The van der Waals surface area contributed by atoms with E-state index >= 15 is 0 Å². The monoisotopic (exact) mass is 366 g/mol. The van der Waals surface area contributed by atoms with Crippen molar-refractivity contribution in [3.05, 3.63) is 89.2 Å². The first-order valence-electron chi connectivity index (χ1n) is 8.77. The zero-order valence-electron chi connectivity index (χ0n) is 15.0. The predicted octanol–water partition coefficient (Wildman–Crippen LogP) is 3.90. The lowest BCUT2D eigenvalue weighted by Gasteiger charge is -2.36. The Morgan fingerprint density at radius 1 is 0.846 bits per heavy atom. The van der Waals surface area contributed by atoms with Gasteiger partial charge in [-0.1, -0.05) is 47.5 Å². The molecule has 1 aromatic heterocycles. The average molecular weight is 366 g/mol. The van der Waals surface area contributed by atoms with Crippen LogP contribution in [-0.4, -0.2) is 23.8 Å². The summed E-state index contributed by atoms with van der Waals surface area (Å²) in [7, 11) is -3.59. The second-order valence-electron chi connectivity index (χ2n) is 6.87. The molecule has 134 valence electrons. The van der Waals surface area contributed by atoms with Crippen LogP contribution in [0.1, 0.15) is 28.4 Å².